The van der Waals surface area contributed by atoms with Crippen LogP contribution in [0, 0.1) is 11.3 Å². The van der Waals surface area contributed by atoms with Gasteiger partial charge in [-0.15, -0.1) is 0 Å². The summed E-state index contributed by atoms with van der Waals surface area (Å²) in [6, 6.07) is 10.0. The first-order valence-corrected chi connectivity index (χ1v) is 9.85. The maximum atomic E-state index is 3.72. The second-order valence-corrected chi connectivity index (χ2v) is 8.96. The molecule has 23 heavy (non-hydrogen) atoms. The summed E-state index contributed by atoms with van der Waals surface area (Å²) < 4.78 is 0. The van der Waals surface area contributed by atoms with Crippen LogP contribution in [0.3, 0.4) is 0 Å². The summed E-state index contributed by atoms with van der Waals surface area (Å²) in [6.45, 7) is 8.46. The molecule has 1 saturated carbocycles. The number of benzene rings is 1. The Kier molecular flexibility index (Phi) is 5.46. The van der Waals surface area contributed by atoms with E-state index in [1.165, 1.54) is 57.9 Å². The van der Waals surface area contributed by atoms with Crippen LogP contribution < -0.4 is 5.32 Å². The van der Waals surface area contributed by atoms with Crippen molar-refractivity contribution in [2.75, 3.05) is 6.54 Å². The van der Waals surface area contributed by atoms with Crippen LogP contribution in [-0.4, -0.2) is 12.6 Å². The fourth-order valence-electron chi connectivity index (χ4n) is 4.75. The third-order valence-electron chi connectivity index (χ3n) is 6.33. The van der Waals surface area contributed by atoms with Crippen molar-refractivity contribution in [3.8, 4) is 0 Å². The number of rotatable bonds is 3. The summed E-state index contributed by atoms with van der Waals surface area (Å²) in [4.78, 5) is 0. The molecule has 1 atom stereocenters. The molecule has 1 saturated heterocycles. The Hall–Kier alpha value is -0.820. The number of hydrogen-bond donors (Lipinski definition) is 1. The molecule has 1 aliphatic heterocycles. The zero-order valence-electron chi connectivity index (χ0n) is 15.4. The van der Waals surface area contributed by atoms with Crippen LogP contribution in [0.1, 0.15) is 82.8 Å². The lowest BCUT2D eigenvalue weighted by Crippen LogP contribution is -2.36. The minimum Gasteiger partial charge on any atom is -0.314 e. The monoisotopic (exact) mass is 313 g/mol. The molecule has 1 nitrogen and oxygen atoms in total. The van der Waals surface area contributed by atoms with Crippen LogP contribution in [0.4, 0.5) is 0 Å². The SMILES string of the molecule is CC(C)(C)C1CCC(c2ccccc2CC2CCCCN2)CC1. The van der Waals surface area contributed by atoms with Crippen LogP contribution in [0.25, 0.3) is 0 Å². The van der Waals surface area contributed by atoms with Crippen LogP contribution in [0.5, 0.6) is 0 Å². The van der Waals surface area contributed by atoms with E-state index in [4.69, 9.17) is 0 Å². The molecule has 1 aliphatic carbocycles. The van der Waals surface area contributed by atoms with Crippen LogP contribution in [0.2, 0.25) is 0 Å². The average Bonchev–Trinajstić information content (AvgIpc) is 2.56. The molecule has 1 heterocycles. The minimum atomic E-state index is 0.483. The summed E-state index contributed by atoms with van der Waals surface area (Å²) in [7, 11) is 0. The second kappa shape index (κ2) is 7.38. The molecule has 1 N–H and O–H groups in total. The quantitative estimate of drug-likeness (QED) is 0.755. The van der Waals surface area contributed by atoms with Gasteiger partial charge in [0.05, 0.1) is 0 Å². The van der Waals surface area contributed by atoms with Gasteiger partial charge >= 0.3 is 0 Å². The maximum absolute atomic E-state index is 3.72. The smallest absolute Gasteiger partial charge is 0.0108 e. The van der Waals surface area contributed by atoms with E-state index in [1.807, 2.05) is 0 Å². The van der Waals surface area contributed by atoms with Gasteiger partial charge in [-0.2, -0.15) is 0 Å². The normalized spacial score (nSPS) is 29.4. The molecule has 3 rings (SSSR count). The molecule has 0 radical (unpaired) electrons. The first-order chi connectivity index (χ1) is 11.0. The van der Waals surface area contributed by atoms with Crippen LogP contribution in [0.15, 0.2) is 24.3 Å². The van der Waals surface area contributed by atoms with Crippen molar-refractivity contribution in [3.05, 3.63) is 35.4 Å². The highest BCUT2D eigenvalue weighted by Crippen LogP contribution is 2.43. The van der Waals surface area contributed by atoms with E-state index in [0.29, 0.717) is 11.5 Å². The van der Waals surface area contributed by atoms with Crippen molar-refractivity contribution in [3.63, 3.8) is 0 Å². The number of piperidine rings is 1. The lowest BCUT2D eigenvalue weighted by molar-refractivity contribution is 0.169. The lowest BCUT2D eigenvalue weighted by Gasteiger charge is -2.37. The topological polar surface area (TPSA) is 12.0 Å². The number of hydrogen-bond acceptors (Lipinski definition) is 1. The van der Waals surface area contributed by atoms with Gasteiger partial charge in [-0.05, 0) is 79.9 Å². The van der Waals surface area contributed by atoms with Crippen molar-refractivity contribution in [2.45, 2.75) is 84.1 Å². The van der Waals surface area contributed by atoms with Gasteiger partial charge in [-0.3, -0.25) is 0 Å². The van der Waals surface area contributed by atoms with Gasteiger partial charge in [-0.1, -0.05) is 51.5 Å². The molecule has 0 amide bonds. The first-order valence-electron chi connectivity index (χ1n) is 9.85. The zero-order valence-corrected chi connectivity index (χ0v) is 15.4. The average molecular weight is 314 g/mol. The van der Waals surface area contributed by atoms with Crippen LogP contribution >= 0.6 is 0 Å². The van der Waals surface area contributed by atoms with Crippen molar-refractivity contribution < 1.29 is 0 Å². The first kappa shape index (κ1) is 17.0. The molecule has 1 aromatic rings. The molecule has 0 bridgehead atoms. The van der Waals surface area contributed by atoms with Gasteiger partial charge < -0.3 is 5.32 Å². The van der Waals surface area contributed by atoms with E-state index in [2.05, 4.69) is 50.4 Å². The highest BCUT2D eigenvalue weighted by Gasteiger charge is 2.31. The molecule has 2 aliphatic rings. The molecular formula is C22H35N. The Morgan fingerprint density at radius 1 is 0.957 bits per heavy atom. The third-order valence-corrected chi connectivity index (χ3v) is 6.33. The Labute approximate surface area is 143 Å². The van der Waals surface area contributed by atoms with Crippen molar-refractivity contribution in [1.29, 1.82) is 0 Å². The molecule has 0 spiro atoms. The fraction of sp³-hybridized carbons (Fsp3) is 0.727. The molecule has 0 aromatic heterocycles. The molecular weight excluding hydrogens is 278 g/mol. The highest BCUT2D eigenvalue weighted by molar-refractivity contribution is 5.31. The van der Waals surface area contributed by atoms with Gasteiger partial charge in [0.2, 0.25) is 0 Å². The maximum Gasteiger partial charge on any atom is 0.0108 e. The zero-order chi connectivity index (χ0) is 16.3. The van der Waals surface area contributed by atoms with Gasteiger partial charge in [0.1, 0.15) is 0 Å². The van der Waals surface area contributed by atoms with E-state index in [1.54, 1.807) is 11.1 Å². The Morgan fingerprint density at radius 3 is 2.35 bits per heavy atom. The molecule has 1 unspecified atom stereocenters. The number of nitrogens with one attached hydrogen (secondary N) is 1. The Bertz CT molecular complexity index is 485. The van der Waals surface area contributed by atoms with Crippen molar-refractivity contribution in [1.82, 2.24) is 5.32 Å². The summed E-state index contributed by atoms with van der Waals surface area (Å²) in [6.07, 6.45) is 10.9. The lowest BCUT2D eigenvalue weighted by atomic mass is 9.68. The van der Waals surface area contributed by atoms with Gasteiger partial charge in [-0.25, -0.2) is 0 Å². The Morgan fingerprint density at radius 2 is 1.70 bits per heavy atom. The molecule has 1 aromatic carbocycles. The van der Waals surface area contributed by atoms with Gasteiger partial charge in [0.15, 0.2) is 0 Å². The second-order valence-electron chi connectivity index (χ2n) is 8.96. The van der Waals surface area contributed by atoms with Crippen LogP contribution in [-0.2, 0) is 6.42 Å². The fourth-order valence-corrected chi connectivity index (χ4v) is 4.75. The minimum absolute atomic E-state index is 0.483. The predicted molar refractivity (Wildman–Crippen MR) is 99.9 cm³/mol. The molecule has 2 fully saturated rings. The largest absolute Gasteiger partial charge is 0.314 e. The van der Waals surface area contributed by atoms with E-state index < -0.39 is 0 Å². The summed E-state index contributed by atoms with van der Waals surface area (Å²) >= 11 is 0. The summed E-state index contributed by atoms with van der Waals surface area (Å²) in [5, 5.41) is 3.72. The van der Waals surface area contributed by atoms with E-state index >= 15 is 0 Å². The van der Waals surface area contributed by atoms with E-state index in [-0.39, 0.29) is 0 Å². The van der Waals surface area contributed by atoms with Crippen molar-refractivity contribution in [2.24, 2.45) is 11.3 Å². The molecule has 1 heteroatoms. The summed E-state index contributed by atoms with van der Waals surface area (Å²) in [5.74, 6) is 1.71. The predicted octanol–water partition coefficient (Wildman–Crippen LogP) is 5.69. The highest BCUT2D eigenvalue weighted by atomic mass is 14.9. The van der Waals surface area contributed by atoms with Gasteiger partial charge in [0.25, 0.3) is 0 Å². The van der Waals surface area contributed by atoms with E-state index in [9.17, 15) is 0 Å². The van der Waals surface area contributed by atoms with E-state index in [0.717, 1.165) is 11.8 Å². The summed E-state index contributed by atoms with van der Waals surface area (Å²) in [5.41, 5.74) is 3.76. The molecule has 128 valence electrons. The Balaban J connectivity index is 1.66. The van der Waals surface area contributed by atoms with Crippen molar-refractivity contribution >= 4 is 0 Å². The standard InChI is InChI=1S/C22H35N/c1-22(2,3)19-13-11-17(12-14-19)21-10-5-4-8-18(21)16-20-9-6-7-15-23-20/h4-5,8,10,17,19-20,23H,6-7,9,11-16H2,1-3H3. The van der Waals surface area contributed by atoms with Gasteiger partial charge in [0, 0.05) is 6.04 Å². The third kappa shape index (κ3) is 4.38.